The third-order valence-electron chi connectivity index (χ3n) is 7.11. The minimum Gasteiger partial charge on any atom is -0.381 e. The van der Waals surface area contributed by atoms with E-state index in [0.29, 0.717) is 32.7 Å². The monoisotopic (exact) mass is 490 g/mol. The fourth-order valence-electron chi connectivity index (χ4n) is 5.07. The van der Waals surface area contributed by atoms with Crippen molar-refractivity contribution < 1.29 is 22.7 Å². The SMILES string of the molecule is CCC(=O)N(CC1(N2CCN(Cc3ccc(C(F)(F)F)nc3)CC2)CCOCC1)c1ccccc1. The van der Waals surface area contributed by atoms with Crippen molar-refractivity contribution in [2.75, 3.05) is 50.8 Å². The summed E-state index contributed by atoms with van der Waals surface area (Å²) in [4.78, 5) is 23.2. The Morgan fingerprint density at radius 2 is 1.74 bits per heavy atom. The number of benzene rings is 1. The van der Waals surface area contributed by atoms with E-state index >= 15 is 0 Å². The zero-order chi connectivity index (χ0) is 24.9. The van der Waals surface area contributed by atoms with Crippen molar-refractivity contribution in [2.45, 2.75) is 44.4 Å². The van der Waals surface area contributed by atoms with Crippen molar-refractivity contribution in [3.8, 4) is 0 Å². The molecule has 0 aliphatic carbocycles. The molecule has 1 aromatic heterocycles. The smallest absolute Gasteiger partial charge is 0.381 e. The number of nitrogens with zero attached hydrogens (tertiary/aromatic N) is 4. The molecule has 2 saturated heterocycles. The standard InChI is InChI=1S/C26H33F3N4O2/c1-2-24(34)33(22-6-4-3-5-7-22)20-25(10-16-35-17-11-25)32-14-12-31(13-15-32)19-21-8-9-23(30-18-21)26(27,28)29/h3-9,18H,2,10-17,19-20H2,1H3. The largest absolute Gasteiger partial charge is 0.433 e. The van der Waals surface area contributed by atoms with Gasteiger partial charge in [-0.3, -0.25) is 19.6 Å². The highest BCUT2D eigenvalue weighted by molar-refractivity contribution is 5.93. The lowest BCUT2D eigenvalue weighted by atomic mass is 9.86. The number of aromatic nitrogens is 1. The van der Waals surface area contributed by atoms with Gasteiger partial charge in [0.25, 0.3) is 0 Å². The molecule has 3 heterocycles. The van der Waals surface area contributed by atoms with E-state index in [1.807, 2.05) is 42.2 Å². The number of anilines is 1. The maximum atomic E-state index is 12.9. The molecule has 6 nitrogen and oxygen atoms in total. The van der Waals surface area contributed by atoms with Crippen LogP contribution in [0.3, 0.4) is 0 Å². The van der Waals surface area contributed by atoms with Crippen molar-refractivity contribution in [1.29, 1.82) is 0 Å². The van der Waals surface area contributed by atoms with Crippen molar-refractivity contribution in [1.82, 2.24) is 14.8 Å². The van der Waals surface area contributed by atoms with Gasteiger partial charge in [0.15, 0.2) is 0 Å². The van der Waals surface area contributed by atoms with Crippen LogP contribution in [0.15, 0.2) is 48.7 Å². The summed E-state index contributed by atoms with van der Waals surface area (Å²) in [5.41, 5.74) is 0.660. The second kappa shape index (κ2) is 11.1. The van der Waals surface area contributed by atoms with Crippen molar-refractivity contribution in [3.05, 3.63) is 59.9 Å². The highest BCUT2D eigenvalue weighted by Gasteiger charge is 2.42. The molecule has 0 atom stereocenters. The van der Waals surface area contributed by atoms with Crippen LogP contribution < -0.4 is 4.90 Å². The van der Waals surface area contributed by atoms with Gasteiger partial charge >= 0.3 is 6.18 Å². The lowest BCUT2D eigenvalue weighted by Gasteiger charge is -2.51. The Labute approximate surface area is 204 Å². The number of para-hydroxylation sites is 1. The Morgan fingerprint density at radius 3 is 2.31 bits per heavy atom. The highest BCUT2D eigenvalue weighted by Crippen LogP contribution is 2.33. The van der Waals surface area contributed by atoms with E-state index in [9.17, 15) is 18.0 Å². The third kappa shape index (κ3) is 6.20. The van der Waals surface area contributed by atoms with Gasteiger partial charge < -0.3 is 9.64 Å². The van der Waals surface area contributed by atoms with Crippen LogP contribution in [-0.4, -0.2) is 72.2 Å². The normalized spacial score (nSPS) is 19.4. The van der Waals surface area contributed by atoms with Crippen LogP contribution in [0.25, 0.3) is 0 Å². The second-order valence-corrected chi connectivity index (χ2v) is 9.32. The average Bonchev–Trinajstić information content (AvgIpc) is 2.88. The highest BCUT2D eigenvalue weighted by atomic mass is 19.4. The molecule has 1 amide bonds. The predicted octanol–water partition coefficient (Wildman–Crippen LogP) is 4.21. The number of rotatable bonds is 7. The molecule has 0 unspecified atom stereocenters. The number of hydrogen-bond donors (Lipinski definition) is 0. The van der Waals surface area contributed by atoms with Crippen LogP contribution in [0.5, 0.6) is 0 Å². The van der Waals surface area contributed by atoms with Crippen LogP contribution in [0.4, 0.5) is 18.9 Å². The lowest BCUT2D eigenvalue weighted by molar-refractivity contribution is -0.141. The minimum absolute atomic E-state index is 0.107. The summed E-state index contributed by atoms with van der Waals surface area (Å²) in [7, 11) is 0. The van der Waals surface area contributed by atoms with Crippen LogP contribution in [-0.2, 0) is 22.3 Å². The maximum absolute atomic E-state index is 12.9. The van der Waals surface area contributed by atoms with Gasteiger partial charge in [-0.15, -0.1) is 0 Å². The zero-order valence-electron chi connectivity index (χ0n) is 20.1. The number of ether oxygens (including phenoxy) is 1. The number of carbonyl (C=O) groups is 1. The number of hydrogen-bond acceptors (Lipinski definition) is 5. The van der Waals surface area contributed by atoms with E-state index in [0.717, 1.165) is 56.3 Å². The predicted molar refractivity (Wildman–Crippen MR) is 128 cm³/mol. The summed E-state index contributed by atoms with van der Waals surface area (Å²) in [6.07, 6.45) is -0.943. The topological polar surface area (TPSA) is 48.9 Å². The minimum atomic E-state index is -4.42. The Morgan fingerprint density at radius 1 is 1.06 bits per heavy atom. The zero-order valence-corrected chi connectivity index (χ0v) is 20.1. The molecule has 1 aromatic carbocycles. The summed E-state index contributed by atoms with van der Waals surface area (Å²) < 4.78 is 44.1. The van der Waals surface area contributed by atoms with Gasteiger partial charge in [0.2, 0.25) is 5.91 Å². The summed E-state index contributed by atoms with van der Waals surface area (Å²) in [6, 6.07) is 12.4. The summed E-state index contributed by atoms with van der Waals surface area (Å²) in [5.74, 6) is 0.107. The fraction of sp³-hybridized carbons (Fsp3) is 0.538. The van der Waals surface area contributed by atoms with E-state index < -0.39 is 11.9 Å². The first-order chi connectivity index (χ1) is 16.8. The van der Waals surface area contributed by atoms with E-state index in [1.165, 1.54) is 12.3 Å². The van der Waals surface area contributed by atoms with Gasteiger partial charge in [-0.25, -0.2) is 0 Å². The van der Waals surface area contributed by atoms with E-state index in [-0.39, 0.29) is 11.4 Å². The first-order valence-electron chi connectivity index (χ1n) is 12.2. The summed E-state index contributed by atoms with van der Waals surface area (Å²) >= 11 is 0. The molecule has 2 aromatic rings. The number of carbonyl (C=O) groups excluding carboxylic acids is 1. The Balaban J connectivity index is 1.43. The molecule has 0 saturated carbocycles. The summed E-state index contributed by atoms with van der Waals surface area (Å²) in [5, 5.41) is 0. The lowest BCUT2D eigenvalue weighted by Crippen LogP contribution is -2.63. The average molecular weight is 491 g/mol. The van der Waals surface area contributed by atoms with E-state index in [4.69, 9.17) is 4.74 Å². The number of pyridine rings is 1. The first-order valence-corrected chi connectivity index (χ1v) is 12.2. The Kier molecular flexibility index (Phi) is 8.09. The van der Waals surface area contributed by atoms with E-state index in [2.05, 4.69) is 14.8 Å². The molecular weight excluding hydrogens is 457 g/mol. The van der Waals surface area contributed by atoms with E-state index in [1.54, 1.807) is 0 Å². The fourth-order valence-corrected chi connectivity index (χ4v) is 5.07. The van der Waals surface area contributed by atoms with Crippen LogP contribution in [0.1, 0.15) is 37.4 Å². The van der Waals surface area contributed by atoms with Crippen LogP contribution in [0.2, 0.25) is 0 Å². The molecule has 2 aliphatic rings. The van der Waals surface area contributed by atoms with Crippen molar-refractivity contribution in [2.24, 2.45) is 0 Å². The molecule has 0 bridgehead atoms. The molecular formula is C26H33F3N4O2. The molecule has 0 N–H and O–H groups in total. The third-order valence-corrected chi connectivity index (χ3v) is 7.11. The maximum Gasteiger partial charge on any atom is 0.433 e. The van der Waals surface area contributed by atoms with Gasteiger partial charge in [-0.1, -0.05) is 31.2 Å². The number of piperazine rings is 1. The van der Waals surface area contributed by atoms with Crippen LogP contribution in [0, 0.1) is 0 Å². The van der Waals surface area contributed by atoms with Crippen molar-refractivity contribution in [3.63, 3.8) is 0 Å². The van der Waals surface area contributed by atoms with Gasteiger partial charge in [0, 0.05) is 76.3 Å². The molecule has 2 aliphatic heterocycles. The molecule has 35 heavy (non-hydrogen) atoms. The molecule has 0 spiro atoms. The molecule has 0 radical (unpaired) electrons. The Hall–Kier alpha value is -2.49. The van der Waals surface area contributed by atoms with Crippen LogP contribution >= 0.6 is 0 Å². The molecule has 2 fully saturated rings. The number of alkyl halides is 3. The Bertz CT molecular complexity index is 955. The van der Waals surface area contributed by atoms with Gasteiger partial charge in [-0.2, -0.15) is 13.2 Å². The molecule has 190 valence electrons. The second-order valence-electron chi connectivity index (χ2n) is 9.32. The first kappa shape index (κ1) is 25.6. The summed E-state index contributed by atoms with van der Waals surface area (Å²) in [6.45, 7) is 7.68. The van der Waals surface area contributed by atoms with Gasteiger partial charge in [0.05, 0.1) is 0 Å². The molecule has 4 rings (SSSR count). The number of halogens is 3. The quantitative estimate of drug-likeness (QED) is 0.582. The van der Waals surface area contributed by atoms with Gasteiger partial charge in [0.1, 0.15) is 5.69 Å². The van der Waals surface area contributed by atoms with Gasteiger partial charge in [-0.05, 0) is 36.6 Å². The molecule has 9 heteroatoms. The number of amides is 1. The van der Waals surface area contributed by atoms with Crippen molar-refractivity contribution >= 4 is 11.6 Å².